The van der Waals surface area contributed by atoms with Crippen LogP contribution in [-0.2, 0) is 66.4 Å². The summed E-state index contributed by atoms with van der Waals surface area (Å²) < 4.78 is 64.4. The molecule has 0 aliphatic rings. The van der Waals surface area contributed by atoms with Crippen LogP contribution in [-0.4, -0.2) is 169 Å². The molecule has 0 aromatic rings. The number of carboxylic acids is 1. The summed E-state index contributed by atoms with van der Waals surface area (Å²) in [6.07, 6.45) is 1.84. The van der Waals surface area contributed by atoms with Crippen molar-refractivity contribution in [2.75, 3.05) is 152 Å². The second kappa shape index (κ2) is 38.7. The quantitative estimate of drug-likeness (QED) is 0.0743. The van der Waals surface area contributed by atoms with Gasteiger partial charge < -0.3 is 61.9 Å². The Morgan fingerprint density at radius 1 is 0.378 bits per heavy atom. The molecule has 0 bridgehead atoms. The van der Waals surface area contributed by atoms with Gasteiger partial charge in [-0.2, -0.15) is 0 Å². The number of esters is 1. The van der Waals surface area contributed by atoms with E-state index in [0.29, 0.717) is 132 Å². The Hall–Kier alpha value is -1.50. The van der Waals surface area contributed by atoms with Crippen LogP contribution in [0.25, 0.3) is 0 Å². The SMILES string of the molecule is CCCCOCCOCCOCCOCCOCCOCCOCCOCCOCCOCCOCCOC(=O)CCC(=O)O. The first kappa shape index (κ1) is 43.5. The molecule has 1 N–H and O–H groups in total. The molecule has 0 aromatic carbocycles. The van der Waals surface area contributed by atoms with Gasteiger partial charge in [0.1, 0.15) is 6.61 Å². The fourth-order valence-electron chi connectivity index (χ4n) is 3.04. The first-order valence-electron chi connectivity index (χ1n) is 15.9. The largest absolute Gasteiger partial charge is 0.481 e. The molecule has 0 unspecified atom stereocenters. The van der Waals surface area contributed by atoms with Gasteiger partial charge in [-0.05, 0) is 6.42 Å². The molecule has 0 aliphatic heterocycles. The highest BCUT2D eigenvalue weighted by atomic mass is 16.6. The third kappa shape index (κ3) is 40.5. The number of rotatable bonds is 39. The average molecular weight is 659 g/mol. The monoisotopic (exact) mass is 658 g/mol. The minimum absolute atomic E-state index is 0.0824. The summed E-state index contributed by atoms with van der Waals surface area (Å²) in [5.41, 5.74) is 0. The summed E-state index contributed by atoms with van der Waals surface area (Å²) >= 11 is 0. The van der Waals surface area contributed by atoms with Crippen molar-refractivity contribution in [3.8, 4) is 0 Å². The van der Waals surface area contributed by atoms with Gasteiger partial charge in [0.2, 0.25) is 0 Å². The summed E-state index contributed by atoms with van der Waals surface area (Å²) in [6.45, 7) is 13.1. The van der Waals surface area contributed by atoms with Crippen LogP contribution in [0.3, 0.4) is 0 Å². The van der Waals surface area contributed by atoms with Crippen LogP contribution < -0.4 is 0 Å². The van der Waals surface area contributed by atoms with E-state index in [9.17, 15) is 9.59 Å². The van der Waals surface area contributed by atoms with Crippen molar-refractivity contribution >= 4 is 11.9 Å². The standard InChI is InChI=1S/C30H58O15/c1-2-3-6-34-7-8-35-9-10-36-11-12-37-13-14-38-15-16-39-17-18-40-19-20-41-21-22-42-23-24-43-25-26-44-27-28-45-30(33)5-4-29(31)32/h2-28H2,1H3,(H,31,32). The van der Waals surface area contributed by atoms with Gasteiger partial charge in [-0.3, -0.25) is 9.59 Å². The highest BCUT2D eigenvalue weighted by molar-refractivity contribution is 5.76. The molecule has 0 aromatic heterocycles. The Morgan fingerprint density at radius 2 is 0.622 bits per heavy atom. The lowest BCUT2D eigenvalue weighted by Crippen LogP contribution is -2.16. The molecule has 0 amide bonds. The fraction of sp³-hybridized carbons (Fsp3) is 0.933. The van der Waals surface area contributed by atoms with Gasteiger partial charge in [-0.25, -0.2) is 0 Å². The van der Waals surface area contributed by atoms with Crippen LogP contribution in [0.4, 0.5) is 0 Å². The number of hydrogen-bond acceptors (Lipinski definition) is 14. The third-order valence-corrected chi connectivity index (χ3v) is 5.40. The van der Waals surface area contributed by atoms with Crippen LogP contribution in [0.5, 0.6) is 0 Å². The topological polar surface area (TPSA) is 165 Å². The van der Waals surface area contributed by atoms with Crippen molar-refractivity contribution in [3.63, 3.8) is 0 Å². The van der Waals surface area contributed by atoms with Crippen molar-refractivity contribution in [1.82, 2.24) is 0 Å². The summed E-state index contributed by atoms with van der Waals surface area (Å²) in [5, 5.41) is 8.48. The van der Waals surface area contributed by atoms with Crippen LogP contribution >= 0.6 is 0 Å². The van der Waals surface area contributed by atoms with E-state index < -0.39 is 11.9 Å². The second-order valence-electron chi connectivity index (χ2n) is 9.20. The van der Waals surface area contributed by atoms with Crippen LogP contribution in [0, 0.1) is 0 Å². The highest BCUT2D eigenvalue weighted by Gasteiger charge is 2.06. The van der Waals surface area contributed by atoms with E-state index in [1.807, 2.05) is 0 Å². The van der Waals surface area contributed by atoms with E-state index >= 15 is 0 Å². The van der Waals surface area contributed by atoms with Gasteiger partial charge in [-0.15, -0.1) is 0 Å². The smallest absolute Gasteiger partial charge is 0.306 e. The molecule has 15 heteroatoms. The maximum absolute atomic E-state index is 11.2. The summed E-state index contributed by atoms with van der Waals surface area (Å²) in [7, 11) is 0. The lowest BCUT2D eigenvalue weighted by Gasteiger charge is -2.09. The fourth-order valence-corrected chi connectivity index (χ4v) is 3.04. The van der Waals surface area contributed by atoms with Gasteiger partial charge in [0.25, 0.3) is 0 Å². The maximum atomic E-state index is 11.2. The zero-order chi connectivity index (χ0) is 32.7. The molecule has 0 radical (unpaired) electrons. The molecule has 268 valence electrons. The lowest BCUT2D eigenvalue weighted by molar-refractivity contribution is -0.149. The van der Waals surface area contributed by atoms with E-state index in [0.717, 1.165) is 19.4 Å². The van der Waals surface area contributed by atoms with E-state index in [1.54, 1.807) is 0 Å². The first-order valence-corrected chi connectivity index (χ1v) is 15.9. The van der Waals surface area contributed by atoms with Gasteiger partial charge in [0, 0.05) is 6.61 Å². The molecular weight excluding hydrogens is 600 g/mol. The Bertz CT molecular complexity index is 612. The zero-order valence-electron chi connectivity index (χ0n) is 27.3. The molecule has 0 spiro atoms. The molecule has 0 saturated carbocycles. The highest BCUT2D eigenvalue weighted by Crippen LogP contribution is 1.93. The lowest BCUT2D eigenvalue weighted by atomic mass is 10.3. The van der Waals surface area contributed by atoms with Crippen molar-refractivity contribution < 1.29 is 71.5 Å². The predicted molar refractivity (Wildman–Crippen MR) is 162 cm³/mol. The van der Waals surface area contributed by atoms with E-state index in [1.165, 1.54) is 0 Å². The number of unbranched alkanes of at least 4 members (excludes halogenated alkanes) is 1. The molecule has 0 heterocycles. The minimum Gasteiger partial charge on any atom is -0.481 e. The van der Waals surface area contributed by atoms with Gasteiger partial charge in [-0.1, -0.05) is 13.3 Å². The Labute approximate surface area is 268 Å². The molecule has 0 rings (SSSR count). The number of aliphatic carboxylic acids is 1. The third-order valence-electron chi connectivity index (χ3n) is 5.40. The molecule has 0 aliphatic carbocycles. The first-order chi connectivity index (χ1) is 22.2. The maximum Gasteiger partial charge on any atom is 0.306 e. The number of ether oxygens (including phenoxy) is 12. The van der Waals surface area contributed by atoms with Crippen molar-refractivity contribution in [2.45, 2.75) is 32.6 Å². The second-order valence-corrected chi connectivity index (χ2v) is 9.20. The van der Waals surface area contributed by atoms with Crippen LogP contribution in [0.15, 0.2) is 0 Å². The average Bonchev–Trinajstić information content (AvgIpc) is 3.03. The van der Waals surface area contributed by atoms with Gasteiger partial charge in [0.05, 0.1) is 152 Å². The van der Waals surface area contributed by atoms with E-state index in [2.05, 4.69) is 6.92 Å². The number of carboxylic acid groups (broad SMARTS) is 1. The normalized spacial score (nSPS) is 11.3. The molecule has 0 atom stereocenters. The predicted octanol–water partition coefficient (Wildman–Crippen LogP) is 1.38. The van der Waals surface area contributed by atoms with Gasteiger partial charge in [0.15, 0.2) is 0 Å². The Morgan fingerprint density at radius 3 is 0.867 bits per heavy atom. The van der Waals surface area contributed by atoms with Crippen LogP contribution in [0.2, 0.25) is 0 Å². The summed E-state index contributed by atoms with van der Waals surface area (Å²) in [4.78, 5) is 21.6. The molecule has 0 fully saturated rings. The zero-order valence-corrected chi connectivity index (χ0v) is 27.3. The van der Waals surface area contributed by atoms with E-state index in [4.69, 9.17) is 61.9 Å². The molecule has 0 saturated heterocycles. The van der Waals surface area contributed by atoms with Crippen molar-refractivity contribution in [2.24, 2.45) is 0 Å². The van der Waals surface area contributed by atoms with Gasteiger partial charge >= 0.3 is 11.9 Å². The Kier molecular flexibility index (Phi) is 37.4. The number of carbonyl (C=O) groups is 2. The molecule has 15 nitrogen and oxygen atoms in total. The molecule has 45 heavy (non-hydrogen) atoms. The van der Waals surface area contributed by atoms with E-state index in [-0.39, 0.29) is 26.1 Å². The van der Waals surface area contributed by atoms with Crippen molar-refractivity contribution in [1.29, 1.82) is 0 Å². The number of carbonyl (C=O) groups excluding carboxylic acids is 1. The molecular formula is C30H58O15. The van der Waals surface area contributed by atoms with Crippen molar-refractivity contribution in [3.05, 3.63) is 0 Å². The number of hydrogen-bond donors (Lipinski definition) is 1. The minimum atomic E-state index is -1.03. The Balaban J connectivity index is 3.08. The summed E-state index contributed by atoms with van der Waals surface area (Å²) in [6, 6.07) is 0. The summed E-state index contributed by atoms with van der Waals surface area (Å²) in [5.74, 6) is -1.59. The van der Waals surface area contributed by atoms with Crippen LogP contribution in [0.1, 0.15) is 32.6 Å².